The van der Waals surface area contributed by atoms with Crippen molar-refractivity contribution in [1.29, 1.82) is 0 Å². The zero-order chi connectivity index (χ0) is 39.9. The van der Waals surface area contributed by atoms with Crippen LogP contribution in [0.25, 0.3) is 0 Å². The molecule has 55 heavy (non-hydrogen) atoms. The van der Waals surface area contributed by atoms with Gasteiger partial charge < -0.3 is 14.3 Å². The average molecular weight is 798 g/mol. The lowest BCUT2D eigenvalue weighted by atomic mass is 10.0. The molecule has 1 rings (SSSR count). The molecule has 1 unspecified atom stereocenters. The number of carbonyl (C=O) groups excluding carboxylic acids is 2. The van der Waals surface area contributed by atoms with Crippen molar-refractivity contribution < 1.29 is 42.0 Å². The van der Waals surface area contributed by atoms with Crippen LogP contribution < -0.4 is 5.90 Å². The summed E-state index contributed by atoms with van der Waals surface area (Å²) in [6.45, 7) is 3.71. The predicted octanol–water partition coefficient (Wildman–Crippen LogP) is 12.7. The Balaban J connectivity index is 2.50. The Kier molecular flexibility index (Phi) is 35.1. The molecular formula is C44H80NO9P. The summed E-state index contributed by atoms with van der Waals surface area (Å²) in [6.07, 6.45) is 31.2. The summed E-state index contributed by atoms with van der Waals surface area (Å²) in [5.74, 6) is 4.37. The first kappa shape index (κ1) is 51.2. The molecule has 1 aromatic carbocycles. The summed E-state index contributed by atoms with van der Waals surface area (Å²) in [4.78, 5) is 29.9. The van der Waals surface area contributed by atoms with Gasteiger partial charge in [-0.05, 0) is 18.4 Å². The summed E-state index contributed by atoms with van der Waals surface area (Å²) in [6, 6.07) is 9.18. The molecule has 1 aromatic rings. The van der Waals surface area contributed by atoms with E-state index in [-0.39, 0.29) is 57.8 Å². The number of phosphoric acid groups is 1. The molecule has 0 fully saturated rings. The molecule has 0 spiro atoms. The second-order valence-electron chi connectivity index (χ2n) is 15.0. The number of unbranched alkanes of at least 4 members (excludes halogenated alkanes) is 24. The van der Waals surface area contributed by atoms with Gasteiger partial charge in [0.15, 0.2) is 0 Å². The van der Waals surface area contributed by atoms with E-state index in [4.69, 9.17) is 28.9 Å². The van der Waals surface area contributed by atoms with Gasteiger partial charge in [0, 0.05) is 12.8 Å². The Morgan fingerprint density at radius 2 is 0.927 bits per heavy atom. The third kappa shape index (κ3) is 32.9. The van der Waals surface area contributed by atoms with Crippen molar-refractivity contribution in [2.24, 2.45) is 5.90 Å². The molecule has 0 radical (unpaired) electrons. The van der Waals surface area contributed by atoms with Crippen LogP contribution in [-0.2, 0) is 48.6 Å². The van der Waals surface area contributed by atoms with Crippen molar-refractivity contribution in [1.82, 2.24) is 0 Å². The number of carbonyl (C=O) groups is 2. The van der Waals surface area contributed by atoms with Gasteiger partial charge in [-0.2, -0.15) is 0 Å². The van der Waals surface area contributed by atoms with Crippen LogP contribution in [0, 0.1) is 0 Å². The first-order chi connectivity index (χ1) is 26.9. The Morgan fingerprint density at radius 3 is 1.31 bits per heavy atom. The lowest BCUT2D eigenvalue weighted by Crippen LogP contribution is -2.28. The highest BCUT2D eigenvalue weighted by Crippen LogP contribution is 2.51. The molecule has 11 heteroatoms. The SMILES string of the molecule is CCCCCCCCCCCCCCCC(=O)OCC(COC(=O)CCCCCCCCCCCCCCC)OP(=O)(OCCON)OCc1ccccc1. The monoisotopic (exact) mass is 798 g/mol. The van der Waals surface area contributed by atoms with Crippen LogP contribution in [0.2, 0.25) is 0 Å². The largest absolute Gasteiger partial charge is 0.475 e. The van der Waals surface area contributed by atoms with E-state index in [9.17, 15) is 14.2 Å². The third-order valence-electron chi connectivity index (χ3n) is 9.79. The zero-order valence-corrected chi connectivity index (χ0v) is 35.9. The normalized spacial score (nSPS) is 12.6. The fourth-order valence-electron chi connectivity index (χ4n) is 6.41. The van der Waals surface area contributed by atoms with Crippen LogP contribution in [0.15, 0.2) is 30.3 Å². The van der Waals surface area contributed by atoms with Crippen LogP contribution >= 0.6 is 7.82 Å². The molecule has 0 aromatic heterocycles. The Bertz CT molecular complexity index is 1010. The summed E-state index contributed by atoms with van der Waals surface area (Å²) in [5.41, 5.74) is 0.759. The number of benzene rings is 1. The van der Waals surface area contributed by atoms with E-state index < -0.39 is 13.9 Å². The van der Waals surface area contributed by atoms with Gasteiger partial charge in [0.05, 0.1) is 19.8 Å². The molecule has 2 N–H and O–H groups in total. The Morgan fingerprint density at radius 1 is 0.545 bits per heavy atom. The molecule has 1 atom stereocenters. The van der Waals surface area contributed by atoms with Gasteiger partial charge in [0.1, 0.15) is 19.3 Å². The molecule has 0 saturated heterocycles. The van der Waals surface area contributed by atoms with Gasteiger partial charge >= 0.3 is 19.8 Å². The smallest absolute Gasteiger partial charge is 0.463 e. The molecule has 0 aliphatic carbocycles. The van der Waals surface area contributed by atoms with Crippen LogP contribution in [0.4, 0.5) is 0 Å². The number of hydrogen-bond donors (Lipinski definition) is 1. The van der Waals surface area contributed by atoms with E-state index in [1.165, 1.54) is 128 Å². The van der Waals surface area contributed by atoms with E-state index in [0.717, 1.165) is 44.1 Å². The van der Waals surface area contributed by atoms with E-state index in [0.29, 0.717) is 0 Å². The number of nitrogens with two attached hydrogens (primary N) is 1. The average Bonchev–Trinajstić information content (AvgIpc) is 3.19. The van der Waals surface area contributed by atoms with Crippen molar-refractivity contribution in [2.45, 2.75) is 206 Å². The zero-order valence-electron chi connectivity index (χ0n) is 35.0. The maximum atomic E-state index is 13.7. The minimum absolute atomic E-state index is 0.0467. The topological polar surface area (TPSA) is 133 Å². The van der Waals surface area contributed by atoms with Gasteiger partial charge in [-0.1, -0.05) is 198 Å². The highest BCUT2D eigenvalue weighted by Gasteiger charge is 2.33. The second-order valence-corrected chi connectivity index (χ2v) is 16.6. The quantitative estimate of drug-likeness (QED) is 0.0295. The van der Waals surface area contributed by atoms with Crippen molar-refractivity contribution in [3.8, 4) is 0 Å². The number of ether oxygens (including phenoxy) is 2. The molecule has 0 heterocycles. The molecule has 10 nitrogen and oxygen atoms in total. The standard InChI is InChI=1S/C44H80NO9P/c1-3-5-7-9-11-13-15-17-19-21-23-25-30-34-43(46)49-39-42(54-55(48,52-37-36-51-45)53-38-41-32-28-27-29-33-41)40-50-44(47)35-31-26-24-22-20-18-16-14-12-10-8-6-4-2/h27-29,32-33,42H,3-26,30-31,34-40,45H2,1-2H3. The van der Waals surface area contributed by atoms with E-state index in [2.05, 4.69) is 18.7 Å². The van der Waals surface area contributed by atoms with Crippen molar-refractivity contribution >= 4 is 19.8 Å². The lowest BCUT2D eigenvalue weighted by Gasteiger charge is -2.24. The van der Waals surface area contributed by atoms with Gasteiger partial charge in [-0.15, -0.1) is 0 Å². The number of hydrogen-bond acceptors (Lipinski definition) is 10. The van der Waals surface area contributed by atoms with E-state index in [1.54, 1.807) is 0 Å². The molecule has 0 saturated carbocycles. The number of esters is 2. The second kappa shape index (κ2) is 37.7. The van der Waals surface area contributed by atoms with Crippen molar-refractivity contribution in [3.63, 3.8) is 0 Å². The molecule has 0 aliphatic heterocycles. The van der Waals surface area contributed by atoms with Crippen LogP contribution in [-0.4, -0.2) is 44.5 Å². The number of phosphoric ester groups is 1. The lowest BCUT2D eigenvalue weighted by molar-refractivity contribution is -0.152. The van der Waals surface area contributed by atoms with Crippen molar-refractivity contribution in [3.05, 3.63) is 35.9 Å². The summed E-state index contributed by atoms with van der Waals surface area (Å²) < 4.78 is 41.7. The summed E-state index contributed by atoms with van der Waals surface area (Å²) in [5, 5.41) is 0. The van der Waals surface area contributed by atoms with Crippen molar-refractivity contribution in [2.75, 3.05) is 26.4 Å². The highest BCUT2D eigenvalue weighted by atomic mass is 31.2. The van der Waals surface area contributed by atoms with Gasteiger partial charge in [0.25, 0.3) is 0 Å². The number of rotatable bonds is 41. The Labute approximate surface area is 335 Å². The third-order valence-corrected chi connectivity index (χ3v) is 11.3. The highest BCUT2D eigenvalue weighted by molar-refractivity contribution is 7.48. The maximum absolute atomic E-state index is 13.7. The minimum Gasteiger partial charge on any atom is -0.463 e. The predicted molar refractivity (Wildman–Crippen MR) is 222 cm³/mol. The molecule has 0 amide bonds. The fraction of sp³-hybridized carbons (Fsp3) is 0.818. The van der Waals surface area contributed by atoms with Crippen LogP contribution in [0.5, 0.6) is 0 Å². The summed E-state index contributed by atoms with van der Waals surface area (Å²) >= 11 is 0. The van der Waals surface area contributed by atoms with Gasteiger partial charge in [-0.3, -0.25) is 23.2 Å². The summed E-state index contributed by atoms with van der Waals surface area (Å²) in [7, 11) is -4.21. The molecule has 0 aliphatic rings. The van der Waals surface area contributed by atoms with Gasteiger partial charge in [-0.25, -0.2) is 10.5 Å². The molecular weight excluding hydrogens is 717 g/mol. The van der Waals surface area contributed by atoms with Crippen LogP contribution in [0.3, 0.4) is 0 Å². The van der Waals surface area contributed by atoms with E-state index >= 15 is 0 Å². The first-order valence-corrected chi connectivity index (χ1v) is 23.6. The van der Waals surface area contributed by atoms with Crippen LogP contribution in [0.1, 0.15) is 199 Å². The molecule has 0 bridgehead atoms. The fourth-order valence-corrected chi connectivity index (χ4v) is 7.69. The van der Waals surface area contributed by atoms with E-state index in [1.807, 2.05) is 30.3 Å². The minimum atomic E-state index is -4.21. The van der Waals surface area contributed by atoms with Gasteiger partial charge in [0.2, 0.25) is 0 Å². The maximum Gasteiger partial charge on any atom is 0.475 e. The first-order valence-electron chi connectivity index (χ1n) is 22.2. The Hall–Kier alpha value is -1.81. The molecule has 320 valence electrons.